The highest BCUT2D eigenvalue weighted by atomic mass is 32.1. The number of aromatic hydroxyl groups is 1. The smallest absolute Gasteiger partial charge is 0.326 e. The van der Waals surface area contributed by atoms with Crippen molar-refractivity contribution >= 4 is 136 Å². The zero-order chi connectivity index (χ0) is 91.2. The monoisotopic (exact) mass is 1730 g/mol. The molecule has 0 saturated heterocycles. The third-order valence-corrected chi connectivity index (χ3v) is 18.5. The number of para-hydroxylation sites is 1. The number of hydrogen-bond donors (Lipinski definition) is 30. The van der Waals surface area contributed by atoms with E-state index in [-0.39, 0.29) is 81.2 Å². The average molecular weight is 1730 g/mol. The first-order valence-corrected chi connectivity index (χ1v) is 39.0. The van der Waals surface area contributed by atoms with Crippen molar-refractivity contribution in [3.05, 3.63) is 65.9 Å². The third kappa shape index (κ3) is 36.7. The van der Waals surface area contributed by atoms with Gasteiger partial charge in [0.2, 0.25) is 76.8 Å². The number of guanidine groups is 2. The number of aliphatic carboxylic acids is 4. The van der Waals surface area contributed by atoms with Gasteiger partial charge >= 0.3 is 23.9 Å². The first-order valence-electron chi connectivity index (χ1n) is 38.4. The number of carbonyl (C=O) groups is 17. The van der Waals surface area contributed by atoms with Crippen LogP contribution in [0.4, 0.5) is 0 Å². The van der Waals surface area contributed by atoms with Crippen molar-refractivity contribution < 1.29 is 122 Å². The van der Waals surface area contributed by atoms with Crippen LogP contribution in [0, 0.1) is 22.7 Å². The van der Waals surface area contributed by atoms with Crippen LogP contribution in [-0.2, 0) is 94.3 Å². The third-order valence-electron chi connectivity index (χ3n) is 18.2. The van der Waals surface area contributed by atoms with Gasteiger partial charge in [-0.15, -0.1) is 0 Å². The molecule has 16 atom stereocenters. The quantitative estimate of drug-likeness (QED) is 0.0108. The van der Waals surface area contributed by atoms with Crippen molar-refractivity contribution in [3.63, 3.8) is 0 Å². The lowest BCUT2D eigenvalue weighted by atomic mass is 9.98. The summed E-state index contributed by atoms with van der Waals surface area (Å²) in [7, 11) is 0. The maximum absolute atomic E-state index is 14.6. The molecule has 670 valence electrons. The van der Waals surface area contributed by atoms with Gasteiger partial charge < -0.3 is 143 Å². The lowest BCUT2D eigenvalue weighted by molar-refractivity contribution is -0.143. The maximum Gasteiger partial charge on any atom is 0.326 e. The Hall–Kier alpha value is -12.5. The van der Waals surface area contributed by atoms with Gasteiger partial charge in [0, 0.05) is 55.2 Å². The van der Waals surface area contributed by atoms with E-state index in [0.717, 1.165) is 20.8 Å². The summed E-state index contributed by atoms with van der Waals surface area (Å²) in [4.78, 5) is 233. The van der Waals surface area contributed by atoms with Crippen LogP contribution in [0.1, 0.15) is 124 Å². The average Bonchev–Trinajstić information content (AvgIpc) is 1.70. The van der Waals surface area contributed by atoms with Gasteiger partial charge in [-0.25, -0.2) is 4.79 Å². The van der Waals surface area contributed by atoms with Gasteiger partial charge in [-0.05, 0) is 107 Å². The lowest BCUT2D eigenvalue weighted by Gasteiger charge is -2.29. The summed E-state index contributed by atoms with van der Waals surface area (Å²) in [5, 5.41) is 132. The predicted molar refractivity (Wildman–Crippen MR) is 433 cm³/mol. The van der Waals surface area contributed by atoms with E-state index in [4.69, 9.17) is 33.1 Å². The van der Waals surface area contributed by atoms with Crippen molar-refractivity contribution in [3.8, 4) is 5.75 Å². The van der Waals surface area contributed by atoms with Crippen molar-refractivity contribution in [1.29, 1.82) is 10.8 Å². The molecule has 1 heterocycles. The number of carboxylic acid groups (broad SMARTS) is 4. The van der Waals surface area contributed by atoms with Gasteiger partial charge in [-0.3, -0.25) is 87.5 Å². The normalized spacial score (nSPS) is 15.1. The molecule has 3 aromatic rings. The van der Waals surface area contributed by atoms with Crippen molar-refractivity contribution in [1.82, 2.24) is 84.7 Å². The fourth-order valence-electron chi connectivity index (χ4n) is 11.8. The minimum absolute atomic E-state index is 0.0260. The summed E-state index contributed by atoms with van der Waals surface area (Å²) in [5.41, 5.74) is 17.7. The summed E-state index contributed by atoms with van der Waals surface area (Å²) in [6.45, 7) is 8.57. The van der Waals surface area contributed by atoms with Crippen LogP contribution in [0.15, 0.2) is 54.7 Å². The van der Waals surface area contributed by atoms with Crippen LogP contribution in [-0.4, -0.2) is 281 Å². The second kappa shape index (κ2) is 51.1. The van der Waals surface area contributed by atoms with Gasteiger partial charge in [0.25, 0.3) is 0 Å². The standard InChI is InChI=1S/C74H113N21O25S/c1-33(2)24-47(89-67(114)51(29-56(104)105)87-60(107)42(75)28-55(102)103)63(110)88-48(25-34(3)4)64(111)91-50(27-39-30-82-43-13-9-8-12-41(39)43)66(113)93-53(32-121)69(116)83-35(5)59(106)94-58(37(7)98)71(118)95-57(36(6)97)70(117)92-52(31-96)68(115)84-44(14-10-22-80-73(76)77)61(108)90-49(26-38-16-18-40(99)19-17-38)65(112)85-45(20-21-54(100)101)62(109)86-46(72(119)120)15-11-23-81-74(78)79/h8-9,12-13,16-19,30,33-37,42,44-53,57-58,82,96-99,121H,10-11,14-15,20-29,31-32,75H2,1-7H3,(H,83,116)(H,84,115)(H,85,112)(H,86,109)(H,87,107)(H,88,110)(H,89,114)(H,90,108)(H,91,111)(H,92,117)(H,93,113)(H,94,106)(H,95,118)(H,100,101)(H,102,103)(H,104,105)(H,119,120)(H4,76,77,80)(H4,78,79,81)/t35-,36+,37+,42-,44-,45-,46-,47-,48-,49-,50-,51-,52-,53-,57-,58-/m0/s1. The van der Waals surface area contributed by atoms with Crippen LogP contribution in [0.25, 0.3) is 10.9 Å². The number of nitrogens with one attached hydrogen (secondary N) is 18. The number of carbonyl (C=O) groups excluding carboxylic acids is 13. The fourth-order valence-corrected chi connectivity index (χ4v) is 12.1. The molecule has 0 aliphatic rings. The second-order valence-electron chi connectivity index (χ2n) is 29.4. The number of aliphatic hydroxyl groups excluding tert-OH is 3. The minimum atomic E-state index is -2.09. The molecule has 2 aromatic carbocycles. The lowest BCUT2D eigenvalue weighted by Crippen LogP contribution is -2.63. The number of nitrogens with two attached hydrogens (primary N) is 3. The van der Waals surface area contributed by atoms with Gasteiger partial charge in [-0.1, -0.05) is 58.0 Å². The number of aromatic nitrogens is 1. The molecule has 0 spiro atoms. The number of H-pyrrole nitrogens is 1. The number of carboxylic acids is 4. The molecule has 0 fully saturated rings. The summed E-state index contributed by atoms with van der Waals surface area (Å²) < 4.78 is 0. The highest BCUT2D eigenvalue weighted by Gasteiger charge is 2.40. The van der Waals surface area contributed by atoms with E-state index in [1.165, 1.54) is 24.3 Å². The van der Waals surface area contributed by atoms with Gasteiger partial charge in [-0.2, -0.15) is 12.6 Å². The number of fused-ring (bicyclic) bond motifs is 1. The minimum Gasteiger partial charge on any atom is -0.508 e. The Morgan fingerprint density at radius 2 is 0.835 bits per heavy atom. The summed E-state index contributed by atoms with van der Waals surface area (Å²) in [5.74, 6) is -23.4. The van der Waals surface area contributed by atoms with E-state index >= 15 is 0 Å². The van der Waals surface area contributed by atoms with Crippen LogP contribution in [0.5, 0.6) is 5.75 Å². The van der Waals surface area contributed by atoms with E-state index < -0.39 is 254 Å². The van der Waals surface area contributed by atoms with Crippen LogP contribution in [0.2, 0.25) is 0 Å². The van der Waals surface area contributed by atoms with E-state index in [1.807, 2.05) is 0 Å². The number of phenolic OH excluding ortho intramolecular Hbond substituents is 1. The van der Waals surface area contributed by atoms with Crippen LogP contribution >= 0.6 is 12.6 Å². The molecular formula is C74H113N21O25S. The Bertz CT molecular complexity index is 4130. The molecule has 0 aliphatic heterocycles. The predicted octanol–water partition coefficient (Wildman–Crippen LogP) is -7.49. The zero-order valence-corrected chi connectivity index (χ0v) is 68.5. The topological polar surface area (TPSA) is 774 Å². The molecular weight excluding hydrogens is 1620 g/mol. The molecule has 47 heteroatoms. The summed E-state index contributed by atoms with van der Waals surface area (Å²) in [6.07, 6.45) is -6.93. The van der Waals surface area contributed by atoms with E-state index in [2.05, 4.69) is 97.4 Å². The second-order valence-corrected chi connectivity index (χ2v) is 29.8. The van der Waals surface area contributed by atoms with Gasteiger partial charge in [0.15, 0.2) is 11.9 Å². The van der Waals surface area contributed by atoms with Gasteiger partial charge in [0.1, 0.15) is 84.3 Å². The van der Waals surface area contributed by atoms with E-state index in [9.17, 15) is 117 Å². The fraction of sp³-hybridized carbons (Fsp3) is 0.554. The van der Waals surface area contributed by atoms with E-state index in [1.54, 1.807) is 58.2 Å². The Labute approximate surface area is 699 Å². The first-order chi connectivity index (χ1) is 56.7. The number of amides is 13. The van der Waals surface area contributed by atoms with E-state index in [0.29, 0.717) is 16.5 Å². The molecule has 1 aromatic heterocycles. The number of phenols is 1. The van der Waals surface area contributed by atoms with Crippen LogP contribution < -0.4 is 97.0 Å². The molecule has 0 saturated carbocycles. The van der Waals surface area contributed by atoms with Crippen LogP contribution in [0.3, 0.4) is 0 Å². The number of aliphatic hydroxyl groups is 3. The summed E-state index contributed by atoms with van der Waals surface area (Å²) >= 11 is 4.27. The molecule has 32 N–H and O–H groups in total. The number of hydrogen-bond acceptors (Lipinski definition) is 25. The Balaban J connectivity index is 1.89. The van der Waals surface area contributed by atoms with Crippen molar-refractivity contribution in [2.75, 3.05) is 25.4 Å². The highest BCUT2D eigenvalue weighted by molar-refractivity contribution is 7.80. The van der Waals surface area contributed by atoms with Crippen molar-refractivity contribution in [2.45, 2.75) is 222 Å². The largest absolute Gasteiger partial charge is 0.508 e. The molecule has 13 amide bonds. The molecule has 0 bridgehead atoms. The molecule has 0 aliphatic carbocycles. The number of thiol groups is 1. The number of aromatic amines is 1. The number of rotatable bonds is 54. The molecule has 46 nitrogen and oxygen atoms in total. The first kappa shape index (κ1) is 103. The van der Waals surface area contributed by atoms with Crippen molar-refractivity contribution in [2.24, 2.45) is 29.0 Å². The molecule has 121 heavy (non-hydrogen) atoms. The summed E-state index contributed by atoms with van der Waals surface area (Å²) in [6, 6.07) is -12.3. The maximum atomic E-state index is 14.6. The molecule has 3 rings (SSSR count). The Morgan fingerprint density at radius 1 is 0.438 bits per heavy atom. The molecule has 0 unspecified atom stereocenters. The SMILES string of the molecule is CC(C)C[C@H](NC(=O)[C@H](CC(C)C)NC(=O)[C@H](CC(=O)O)NC(=O)[C@@H](N)CC(=O)O)C(=O)N[C@@H](Cc1c[nH]c2ccccc12)C(=O)N[C@@H](CS)C(=O)N[C@@H](C)C(=O)N[C@H](C(=O)N[C@H](C(=O)N[C@@H](CO)C(=O)N[C@@H](CCCNC(=N)N)C(=O)N[C@@H](Cc1ccc(O)cc1)C(=O)N[C@@H](CCC(=O)O)C(=O)N[C@@H](CCCNC(=N)N)C(=O)O)[C@@H](C)O)[C@@H](C)O. The molecule has 0 radical (unpaired) electrons. The zero-order valence-electron chi connectivity index (χ0n) is 67.6. The Morgan fingerprint density at radius 3 is 1.31 bits per heavy atom. The highest BCUT2D eigenvalue weighted by Crippen LogP contribution is 2.21. The number of benzene rings is 2. The van der Waals surface area contributed by atoms with Gasteiger partial charge in [0.05, 0.1) is 37.7 Å². The Kier molecular flexibility index (Phi) is 43.3.